The van der Waals surface area contributed by atoms with Crippen LogP contribution in [-0.4, -0.2) is 17.1 Å². The number of nitrogens with zero attached hydrogens (tertiary/aromatic N) is 1. The number of pyridine rings is 1. The SMILES string of the molecule is CCOC(=O)c1c(C)n(Cc2ccc(C)c(C)c2)c2sc(C)c(C)c2c1=O. The number of carbonyl (C=O) groups is 1. The molecule has 0 unspecified atom stereocenters. The van der Waals surface area contributed by atoms with Gasteiger partial charge in [0.25, 0.3) is 0 Å². The second kappa shape index (κ2) is 7.31. The number of hydrogen-bond donors (Lipinski definition) is 0. The molecule has 142 valence electrons. The molecule has 0 saturated carbocycles. The Labute approximate surface area is 163 Å². The minimum atomic E-state index is -0.543. The van der Waals surface area contributed by atoms with Crippen molar-refractivity contribution in [3.8, 4) is 0 Å². The van der Waals surface area contributed by atoms with E-state index < -0.39 is 5.97 Å². The summed E-state index contributed by atoms with van der Waals surface area (Å²) < 4.78 is 7.26. The van der Waals surface area contributed by atoms with E-state index in [2.05, 4.69) is 36.6 Å². The van der Waals surface area contributed by atoms with Crippen LogP contribution in [0.25, 0.3) is 10.2 Å². The van der Waals surface area contributed by atoms with Crippen molar-refractivity contribution in [3.63, 3.8) is 0 Å². The normalized spacial score (nSPS) is 11.2. The molecule has 0 spiro atoms. The van der Waals surface area contributed by atoms with Crippen molar-refractivity contribution < 1.29 is 9.53 Å². The van der Waals surface area contributed by atoms with E-state index >= 15 is 0 Å². The van der Waals surface area contributed by atoms with Crippen LogP contribution in [-0.2, 0) is 11.3 Å². The van der Waals surface area contributed by atoms with Crippen LogP contribution in [0.5, 0.6) is 0 Å². The molecule has 3 aromatic rings. The van der Waals surface area contributed by atoms with Gasteiger partial charge in [0, 0.05) is 17.1 Å². The molecule has 0 atom stereocenters. The zero-order valence-electron chi connectivity index (χ0n) is 16.7. The molecule has 0 aliphatic rings. The molecule has 0 aliphatic carbocycles. The van der Waals surface area contributed by atoms with E-state index in [4.69, 9.17) is 4.74 Å². The van der Waals surface area contributed by atoms with Crippen LogP contribution in [0.4, 0.5) is 0 Å². The fourth-order valence-electron chi connectivity index (χ4n) is 3.36. The van der Waals surface area contributed by atoms with Crippen molar-refractivity contribution in [1.82, 2.24) is 4.57 Å². The standard InChI is InChI=1S/C22H25NO3S/c1-7-26-22(25)19-15(5)23(11-17-9-8-12(2)13(3)10-17)21-18(20(19)24)14(4)16(6)27-21/h8-10H,7,11H2,1-6H3. The van der Waals surface area contributed by atoms with E-state index in [-0.39, 0.29) is 17.6 Å². The number of rotatable bonds is 4. The molecule has 5 heteroatoms. The maximum absolute atomic E-state index is 13.1. The number of aryl methyl sites for hydroxylation is 4. The summed E-state index contributed by atoms with van der Waals surface area (Å²) in [6, 6.07) is 6.37. The maximum Gasteiger partial charge on any atom is 0.343 e. The summed E-state index contributed by atoms with van der Waals surface area (Å²) in [4.78, 5) is 27.6. The largest absolute Gasteiger partial charge is 0.462 e. The first-order valence-electron chi connectivity index (χ1n) is 9.12. The Bertz CT molecular complexity index is 1110. The number of thiophene rings is 1. The number of esters is 1. The molecule has 4 nitrogen and oxygen atoms in total. The topological polar surface area (TPSA) is 48.3 Å². The third-order valence-electron chi connectivity index (χ3n) is 5.22. The quantitative estimate of drug-likeness (QED) is 0.606. The zero-order valence-corrected chi connectivity index (χ0v) is 17.5. The molecule has 0 saturated heterocycles. The van der Waals surface area contributed by atoms with Gasteiger partial charge in [0.2, 0.25) is 5.43 Å². The van der Waals surface area contributed by atoms with E-state index in [1.807, 2.05) is 20.8 Å². The number of ether oxygens (including phenoxy) is 1. The summed E-state index contributed by atoms with van der Waals surface area (Å²) in [6.07, 6.45) is 0. The van der Waals surface area contributed by atoms with E-state index in [1.54, 1.807) is 18.3 Å². The molecule has 0 radical (unpaired) electrons. The third-order valence-corrected chi connectivity index (χ3v) is 6.45. The molecule has 0 N–H and O–H groups in total. The lowest BCUT2D eigenvalue weighted by Gasteiger charge is -2.16. The van der Waals surface area contributed by atoms with Crippen molar-refractivity contribution in [2.75, 3.05) is 6.61 Å². The minimum absolute atomic E-state index is 0.147. The molecule has 3 rings (SSSR count). The maximum atomic E-state index is 13.1. The average molecular weight is 384 g/mol. The molecule has 0 bridgehead atoms. The van der Waals surface area contributed by atoms with E-state index in [9.17, 15) is 9.59 Å². The van der Waals surface area contributed by atoms with Gasteiger partial charge in [-0.25, -0.2) is 4.79 Å². The summed E-state index contributed by atoms with van der Waals surface area (Å²) >= 11 is 1.60. The number of hydrogen-bond acceptors (Lipinski definition) is 4. The van der Waals surface area contributed by atoms with Crippen molar-refractivity contribution >= 4 is 27.5 Å². The number of aromatic nitrogens is 1. The first kappa shape index (κ1) is 19.4. The van der Waals surface area contributed by atoms with Gasteiger partial charge in [-0.1, -0.05) is 18.2 Å². The number of fused-ring (bicyclic) bond motifs is 1. The smallest absolute Gasteiger partial charge is 0.343 e. The monoisotopic (exact) mass is 383 g/mol. The first-order chi connectivity index (χ1) is 12.8. The van der Waals surface area contributed by atoms with Gasteiger partial charge in [-0.05, 0) is 63.8 Å². The lowest BCUT2D eigenvalue weighted by molar-refractivity contribution is 0.0523. The Morgan fingerprint density at radius 2 is 1.81 bits per heavy atom. The first-order valence-corrected chi connectivity index (χ1v) is 9.94. The Morgan fingerprint density at radius 3 is 2.44 bits per heavy atom. The summed E-state index contributed by atoms with van der Waals surface area (Å²) in [6.45, 7) is 12.6. The van der Waals surface area contributed by atoms with Gasteiger partial charge in [0.15, 0.2) is 0 Å². The predicted octanol–water partition coefficient (Wildman–Crippen LogP) is 4.83. The van der Waals surface area contributed by atoms with Crippen LogP contribution in [0.3, 0.4) is 0 Å². The van der Waals surface area contributed by atoms with Gasteiger partial charge in [-0.2, -0.15) is 0 Å². The van der Waals surface area contributed by atoms with Gasteiger partial charge in [0.05, 0.1) is 12.0 Å². The molecule has 27 heavy (non-hydrogen) atoms. The van der Waals surface area contributed by atoms with E-state index in [0.717, 1.165) is 20.8 Å². The zero-order chi connectivity index (χ0) is 19.9. The van der Waals surface area contributed by atoms with Crippen molar-refractivity contribution in [3.05, 3.63) is 66.8 Å². The highest BCUT2D eigenvalue weighted by Crippen LogP contribution is 2.30. The van der Waals surface area contributed by atoms with Crippen molar-refractivity contribution in [2.24, 2.45) is 0 Å². The molecule has 2 heterocycles. The lowest BCUT2D eigenvalue weighted by Crippen LogP contribution is -2.24. The molecular formula is C22H25NO3S. The van der Waals surface area contributed by atoms with E-state index in [1.165, 1.54) is 11.1 Å². The van der Waals surface area contributed by atoms with Crippen LogP contribution in [0, 0.1) is 34.6 Å². The molecule has 2 aromatic heterocycles. The van der Waals surface area contributed by atoms with Crippen LogP contribution >= 0.6 is 11.3 Å². The van der Waals surface area contributed by atoms with Gasteiger partial charge in [0.1, 0.15) is 10.4 Å². The highest BCUT2D eigenvalue weighted by molar-refractivity contribution is 7.18. The van der Waals surface area contributed by atoms with Crippen LogP contribution in [0.15, 0.2) is 23.0 Å². The van der Waals surface area contributed by atoms with Crippen LogP contribution < -0.4 is 5.43 Å². The Hall–Kier alpha value is -2.40. The lowest BCUT2D eigenvalue weighted by atomic mass is 10.0. The molecular weight excluding hydrogens is 358 g/mol. The van der Waals surface area contributed by atoms with Gasteiger partial charge in [-0.15, -0.1) is 11.3 Å². The molecule has 0 amide bonds. The van der Waals surface area contributed by atoms with Crippen LogP contribution in [0.2, 0.25) is 0 Å². The molecule has 0 fully saturated rings. The highest BCUT2D eigenvalue weighted by Gasteiger charge is 2.24. The second-order valence-corrected chi connectivity index (χ2v) is 8.18. The van der Waals surface area contributed by atoms with Gasteiger partial charge < -0.3 is 9.30 Å². The summed E-state index contributed by atoms with van der Waals surface area (Å²) in [5.41, 5.74) is 5.14. The highest BCUT2D eigenvalue weighted by atomic mass is 32.1. The third kappa shape index (κ3) is 3.32. The van der Waals surface area contributed by atoms with Crippen LogP contribution in [0.1, 0.15) is 50.1 Å². The predicted molar refractivity (Wildman–Crippen MR) is 111 cm³/mol. The summed E-state index contributed by atoms with van der Waals surface area (Å²) in [5.74, 6) is -0.543. The Kier molecular flexibility index (Phi) is 5.24. The Morgan fingerprint density at radius 1 is 1.11 bits per heavy atom. The Balaban J connectivity index is 2.30. The summed E-state index contributed by atoms with van der Waals surface area (Å²) in [7, 11) is 0. The fourth-order valence-corrected chi connectivity index (χ4v) is 4.57. The second-order valence-electron chi connectivity index (χ2n) is 6.98. The van der Waals surface area contributed by atoms with E-state index in [0.29, 0.717) is 17.6 Å². The van der Waals surface area contributed by atoms with Gasteiger partial charge in [-0.3, -0.25) is 4.79 Å². The summed E-state index contributed by atoms with van der Waals surface area (Å²) in [5, 5.41) is 0.634. The fraction of sp³-hybridized carbons (Fsp3) is 0.364. The van der Waals surface area contributed by atoms with Crippen molar-refractivity contribution in [1.29, 1.82) is 0 Å². The number of carbonyl (C=O) groups excluding carboxylic acids is 1. The molecule has 1 aromatic carbocycles. The van der Waals surface area contributed by atoms with Crippen molar-refractivity contribution in [2.45, 2.75) is 48.1 Å². The van der Waals surface area contributed by atoms with Gasteiger partial charge >= 0.3 is 5.97 Å². The average Bonchev–Trinajstić information content (AvgIpc) is 2.90. The number of benzene rings is 1. The minimum Gasteiger partial charge on any atom is -0.462 e. The molecule has 0 aliphatic heterocycles.